The topological polar surface area (TPSA) is 26.0 Å². The lowest BCUT2D eigenvalue weighted by Crippen LogP contribution is -2.15. The second-order valence-corrected chi connectivity index (χ2v) is 5.68. The zero-order valence-electron chi connectivity index (χ0n) is 8.95. The predicted octanol–water partition coefficient (Wildman–Crippen LogP) is 3.87. The van der Waals surface area contributed by atoms with Crippen LogP contribution in [0.2, 0.25) is 0 Å². The third kappa shape index (κ3) is 2.94. The van der Waals surface area contributed by atoms with Gasteiger partial charge in [0, 0.05) is 9.61 Å². The van der Waals surface area contributed by atoms with Crippen LogP contribution in [0.4, 0.5) is 0 Å². The molecule has 1 unspecified atom stereocenters. The van der Waals surface area contributed by atoms with Gasteiger partial charge in [0.1, 0.15) is 0 Å². The van der Waals surface area contributed by atoms with E-state index in [0.29, 0.717) is 0 Å². The van der Waals surface area contributed by atoms with Crippen molar-refractivity contribution in [3.8, 4) is 0 Å². The van der Waals surface area contributed by atoms with Crippen molar-refractivity contribution >= 4 is 22.6 Å². The Morgan fingerprint density at radius 3 is 2.60 bits per heavy atom. The van der Waals surface area contributed by atoms with Crippen LogP contribution in [-0.4, -0.2) is 0 Å². The summed E-state index contributed by atoms with van der Waals surface area (Å²) < 4.78 is 1.31. The Bertz CT molecular complexity index is 318. The highest BCUT2D eigenvalue weighted by Crippen LogP contribution is 2.32. The molecule has 15 heavy (non-hydrogen) atoms. The van der Waals surface area contributed by atoms with Gasteiger partial charge in [0.05, 0.1) is 0 Å². The molecule has 0 amide bonds. The van der Waals surface area contributed by atoms with E-state index in [4.69, 9.17) is 5.73 Å². The fraction of sp³-hybridized carbons (Fsp3) is 0.538. The number of hydrogen-bond donors (Lipinski definition) is 1. The van der Waals surface area contributed by atoms with Crippen molar-refractivity contribution in [2.45, 2.75) is 38.1 Å². The lowest BCUT2D eigenvalue weighted by Gasteiger charge is -2.17. The van der Waals surface area contributed by atoms with Crippen LogP contribution >= 0.6 is 22.6 Å². The van der Waals surface area contributed by atoms with Crippen LogP contribution < -0.4 is 5.73 Å². The first-order valence-corrected chi connectivity index (χ1v) is 6.85. The van der Waals surface area contributed by atoms with Gasteiger partial charge in [-0.05, 0) is 46.6 Å². The zero-order chi connectivity index (χ0) is 10.7. The van der Waals surface area contributed by atoms with Crippen LogP contribution in [0.5, 0.6) is 0 Å². The quantitative estimate of drug-likeness (QED) is 0.842. The summed E-state index contributed by atoms with van der Waals surface area (Å²) in [4.78, 5) is 0. The molecule has 0 aromatic heterocycles. The molecule has 2 heteroatoms. The minimum Gasteiger partial charge on any atom is -0.324 e. The normalized spacial score (nSPS) is 19.3. The van der Waals surface area contributed by atoms with Crippen LogP contribution in [-0.2, 0) is 0 Å². The monoisotopic (exact) mass is 315 g/mol. The largest absolute Gasteiger partial charge is 0.324 e. The average molecular weight is 315 g/mol. The third-order valence-corrected chi connectivity index (χ3v) is 4.35. The molecule has 1 aromatic rings. The van der Waals surface area contributed by atoms with E-state index in [-0.39, 0.29) is 6.04 Å². The molecule has 0 bridgehead atoms. The van der Waals surface area contributed by atoms with Crippen molar-refractivity contribution in [3.63, 3.8) is 0 Å². The van der Waals surface area contributed by atoms with Gasteiger partial charge in [0.15, 0.2) is 0 Å². The van der Waals surface area contributed by atoms with Gasteiger partial charge in [0.2, 0.25) is 0 Å². The first kappa shape index (κ1) is 11.4. The molecular formula is C13H18IN. The smallest absolute Gasteiger partial charge is 0.0308 e. The summed E-state index contributed by atoms with van der Waals surface area (Å²) >= 11 is 2.38. The maximum Gasteiger partial charge on any atom is 0.0308 e. The van der Waals surface area contributed by atoms with Crippen molar-refractivity contribution in [2.75, 3.05) is 0 Å². The van der Waals surface area contributed by atoms with Gasteiger partial charge in [-0.1, -0.05) is 43.9 Å². The zero-order valence-corrected chi connectivity index (χ0v) is 11.1. The summed E-state index contributed by atoms with van der Waals surface area (Å²) in [6, 6.07) is 8.71. The molecule has 2 rings (SSSR count). The number of rotatable bonds is 3. The SMILES string of the molecule is NC(CC1CCCC1)c1ccccc1I. The fourth-order valence-electron chi connectivity index (χ4n) is 2.51. The number of halogens is 1. The van der Waals surface area contributed by atoms with Gasteiger partial charge >= 0.3 is 0 Å². The molecule has 2 N–H and O–H groups in total. The summed E-state index contributed by atoms with van der Waals surface area (Å²) in [6.45, 7) is 0. The maximum atomic E-state index is 6.27. The molecule has 1 nitrogen and oxygen atoms in total. The van der Waals surface area contributed by atoms with Crippen LogP contribution in [0.15, 0.2) is 24.3 Å². The van der Waals surface area contributed by atoms with E-state index >= 15 is 0 Å². The molecule has 0 aliphatic heterocycles. The van der Waals surface area contributed by atoms with Crippen LogP contribution in [0.25, 0.3) is 0 Å². The van der Waals surface area contributed by atoms with Crippen molar-refractivity contribution in [1.29, 1.82) is 0 Å². The van der Waals surface area contributed by atoms with Crippen LogP contribution in [0.3, 0.4) is 0 Å². The summed E-state index contributed by atoms with van der Waals surface area (Å²) in [5.74, 6) is 0.871. The Labute approximate surface area is 106 Å². The van der Waals surface area contributed by atoms with Gasteiger partial charge in [-0.2, -0.15) is 0 Å². The molecule has 1 aromatic carbocycles. The van der Waals surface area contributed by atoms with E-state index in [1.807, 2.05) is 0 Å². The minimum atomic E-state index is 0.237. The Morgan fingerprint density at radius 1 is 1.27 bits per heavy atom. The summed E-state index contributed by atoms with van der Waals surface area (Å²) in [5, 5.41) is 0. The highest BCUT2D eigenvalue weighted by Gasteiger charge is 2.19. The number of benzene rings is 1. The van der Waals surface area contributed by atoms with Crippen molar-refractivity contribution in [1.82, 2.24) is 0 Å². The van der Waals surface area contributed by atoms with Gasteiger partial charge in [-0.25, -0.2) is 0 Å². The van der Waals surface area contributed by atoms with E-state index in [1.165, 1.54) is 41.2 Å². The van der Waals surface area contributed by atoms with Gasteiger partial charge < -0.3 is 5.73 Å². The molecular weight excluding hydrogens is 297 g/mol. The number of nitrogens with two attached hydrogens (primary N) is 1. The van der Waals surface area contributed by atoms with E-state index in [1.54, 1.807) is 0 Å². The molecule has 1 atom stereocenters. The molecule has 0 spiro atoms. The second-order valence-electron chi connectivity index (χ2n) is 4.51. The molecule has 1 aliphatic carbocycles. The predicted molar refractivity (Wildman–Crippen MR) is 72.7 cm³/mol. The standard InChI is InChI=1S/C13H18IN/c14-12-8-4-3-7-11(12)13(15)9-10-5-1-2-6-10/h3-4,7-8,10,13H,1-2,5-6,9,15H2. The van der Waals surface area contributed by atoms with Crippen molar-refractivity contribution in [3.05, 3.63) is 33.4 Å². The van der Waals surface area contributed by atoms with E-state index in [0.717, 1.165) is 5.92 Å². The average Bonchev–Trinajstić information content (AvgIpc) is 2.71. The number of hydrogen-bond acceptors (Lipinski definition) is 1. The van der Waals surface area contributed by atoms with E-state index < -0.39 is 0 Å². The van der Waals surface area contributed by atoms with Crippen LogP contribution in [0, 0.1) is 9.49 Å². The summed E-state index contributed by atoms with van der Waals surface area (Å²) in [7, 11) is 0. The van der Waals surface area contributed by atoms with E-state index in [9.17, 15) is 0 Å². The molecule has 0 saturated heterocycles. The van der Waals surface area contributed by atoms with Gasteiger partial charge in [-0.15, -0.1) is 0 Å². The molecule has 1 fully saturated rings. The maximum absolute atomic E-state index is 6.27. The van der Waals surface area contributed by atoms with Crippen LogP contribution in [0.1, 0.15) is 43.7 Å². The molecule has 0 radical (unpaired) electrons. The summed E-state index contributed by atoms with van der Waals surface area (Å²) in [6.07, 6.45) is 6.75. The highest BCUT2D eigenvalue weighted by molar-refractivity contribution is 14.1. The molecule has 1 saturated carbocycles. The first-order valence-electron chi connectivity index (χ1n) is 5.77. The minimum absolute atomic E-state index is 0.237. The Balaban J connectivity index is 2.00. The van der Waals surface area contributed by atoms with Gasteiger partial charge in [0.25, 0.3) is 0 Å². The van der Waals surface area contributed by atoms with Gasteiger partial charge in [-0.3, -0.25) is 0 Å². The first-order chi connectivity index (χ1) is 7.27. The molecule has 0 heterocycles. The van der Waals surface area contributed by atoms with Crippen molar-refractivity contribution < 1.29 is 0 Å². The fourth-order valence-corrected chi connectivity index (χ4v) is 3.30. The lowest BCUT2D eigenvalue weighted by molar-refractivity contribution is 0.450. The molecule has 82 valence electrons. The van der Waals surface area contributed by atoms with Crippen molar-refractivity contribution in [2.24, 2.45) is 11.7 Å². The summed E-state index contributed by atoms with van der Waals surface area (Å²) in [5.41, 5.74) is 7.59. The molecule has 1 aliphatic rings. The lowest BCUT2D eigenvalue weighted by atomic mass is 9.94. The Kier molecular flexibility index (Phi) is 4.03. The third-order valence-electron chi connectivity index (χ3n) is 3.37. The highest BCUT2D eigenvalue weighted by atomic mass is 127. The second kappa shape index (κ2) is 5.30. The Morgan fingerprint density at radius 2 is 1.93 bits per heavy atom. The Hall–Kier alpha value is -0.0900. The van der Waals surface area contributed by atoms with E-state index in [2.05, 4.69) is 46.9 Å².